The Morgan fingerprint density at radius 1 is 1.17 bits per heavy atom. The molecule has 0 aromatic carbocycles. The van der Waals surface area contributed by atoms with Crippen LogP contribution in [0, 0.1) is 17.8 Å². The van der Waals surface area contributed by atoms with Crippen LogP contribution in [0.25, 0.3) is 0 Å². The van der Waals surface area contributed by atoms with E-state index in [1.807, 2.05) is 0 Å². The summed E-state index contributed by atoms with van der Waals surface area (Å²) >= 11 is 0. The predicted molar refractivity (Wildman–Crippen MR) is 113 cm³/mol. The summed E-state index contributed by atoms with van der Waals surface area (Å²) in [4.78, 5) is 21.7. The molecule has 3 saturated carbocycles. The summed E-state index contributed by atoms with van der Waals surface area (Å²) in [7, 11) is -3.53. The largest absolute Gasteiger partial charge is 0.396 e. The summed E-state index contributed by atoms with van der Waals surface area (Å²) in [6, 6.07) is 0.0483. The van der Waals surface area contributed by atoms with Crippen molar-refractivity contribution < 1.29 is 18.3 Å². The van der Waals surface area contributed by atoms with Crippen LogP contribution in [0.3, 0.4) is 0 Å². The predicted octanol–water partition coefficient (Wildman–Crippen LogP) is 2.84. The molecule has 4 rings (SSSR count). The molecule has 1 aromatic heterocycles. The number of fused-ring (bicyclic) bond motifs is 2. The van der Waals surface area contributed by atoms with Gasteiger partial charge in [0.1, 0.15) is 0 Å². The number of sulfone groups is 1. The molecule has 2 N–H and O–H groups in total. The lowest BCUT2D eigenvalue weighted by Crippen LogP contribution is -2.51. The number of amides is 1. The van der Waals surface area contributed by atoms with Crippen molar-refractivity contribution in [2.75, 3.05) is 12.9 Å². The highest BCUT2D eigenvalue weighted by Crippen LogP contribution is 2.44. The minimum absolute atomic E-state index is 0.0483. The average molecular weight is 436 g/mol. The first kappa shape index (κ1) is 21.7. The molecule has 3 fully saturated rings. The maximum Gasteiger partial charge on any atom is 0.254 e. The standard InChI is InChI=1S/C22H33N3O4S/c1-30(28,29)22-23-13-18(20(25-22)15-6-2-3-7-15)21(27)24-19-16-8-4-5-14(11-16)12-17(19)9-10-26/h13-17,19,26H,2-12H2,1H3,(H,24,27). The van der Waals surface area contributed by atoms with Gasteiger partial charge in [-0.05, 0) is 56.3 Å². The highest BCUT2D eigenvalue weighted by Gasteiger charge is 2.40. The molecule has 0 aliphatic heterocycles. The smallest absolute Gasteiger partial charge is 0.254 e. The molecule has 3 aliphatic rings. The molecule has 1 aromatic rings. The topological polar surface area (TPSA) is 109 Å². The summed E-state index contributed by atoms with van der Waals surface area (Å²) in [5.41, 5.74) is 0.992. The van der Waals surface area contributed by atoms with Crippen molar-refractivity contribution in [3.05, 3.63) is 17.5 Å². The van der Waals surface area contributed by atoms with E-state index in [-0.39, 0.29) is 35.5 Å². The van der Waals surface area contributed by atoms with Gasteiger partial charge in [0.2, 0.25) is 15.0 Å². The summed E-state index contributed by atoms with van der Waals surface area (Å²) in [5.74, 6) is 1.35. The van der Waals surface area contributed by atoms with Crippen LogP contribution in [0.2, 0.25) is 0 Å². The fraction of sp³-hybridized carbons (Fsp3) is 0.773. The van der Waals surface area contributed by atoms with Crippen LogP contribution in [-0.2, 0) is 9.84 Å². The van der Waals surface area contributed by atoms with E-state index < -0.39 is 9.84 Å². The van der Waals surface area contributed by atoms with Crippen molar-refractivity contribution in [2.45, 2.75) is 81.3 Å². The molecule has 0 saturated heterocycles. The first-order valence-corrected chi connectivity index (χ1v) is 13.2. The van der Waals surface area contributed by atoms with Gasteiger partial charge in [-0.2, -0.15) is 0 Å². The minimum Gasteiger partial charge on any atom is -0.396 e. The second-order valence-corrected chi connectivity index (χ2v) is 11.4. The lowest BCUT2D eigenvalue weighted by Gasteiger charge is -2.45. The van der Waals surface area contributed by atoms with Crippen LogP contribution in [0.15, 0.2) is 11.4 Å². The quantitative estimate of drug-likeness (QED) is 0.665. The van der Waals surface area contributed by atoms with Crippen molar-refractivity contribution in [1.29, 1.82) is 0 Å². The molecule has 166 valence electrons. The first-order chi connectivity index (χ1) is 14.4. The Bertz CT molecular complexity index is 882. The maximum atomic E-state index is 13.4. The highest BCUT2D eigenvalue weighted by atomic mass is 32.2. The van der Waals surface area contributed by atoms with E-state index in [2.05, 4.69) is 15.3 Å². The number of carbonyl (C=O) groups excluding carboxylic acids is 1. The van der Waals surface area contributed by atoms with E-state index in [9.17, 15) is 18.3 Å². The molecule has 8 heteroatoms. The lowest BCUT2D eigenvalue weighted by atomic mass is 9.64. The number of aliphatic hydroxyl groups excluding tert-OH is 1. The molecule has 4 atom stereocenters. The molecular weight excluding hydrogens is 402 g/mol. The number of nitrogens with one attached hydrogen (secondary N) is 1. The Morgan fingerprint density at radius 2 is 1.93 bits per heavy atom. The zero-order chi connectivity index (χ0) is 21.3. The Kier molecular flexibility index (Phi) is 6.44. The number of rotatable bonds is 6. The van der Waals surface area contributed by atoms with E-state index >= 15 is 0 Å². The Morgan fingerprint density at radius 3 is 2.63 bits per heavy atom. The van der Waals surface area contributed by atoms with Gasteiger partial charge in [0, 0.05) is 31.0 Å². The molecule has 1 amide bonds. The van der Waals surface area contributed by atoms with Gasteiger partial charge in [-0.25, -0.2) is 18.4 Å². The van der Waals surface area contributed by atoms with Crippen molar-refractivity contribution in [3.8, 4) is 0 Å². The third kappa shape index (κ3) is 4.54. The number of hydrogen-bond donors (Lipinski definition) is 2. The van der Waals surface area contributed by atoms with Crippen LogP contribution in [-0.4, -0.2) is 48.3 Å². The van der Waals surface area contributed by atoms with Crippen molar-refractivity contribution in [3.63, 3.8) is 0 Å². The van der Waals surface area contributed by atoms with Crippen molar-refractivity contribution >= 4 is 15.7 Å². The molecule has 3 aliphatic carbocycles. The normalized spacial score (nSPS) is 29.7. The maximum absolute atomic E-state index is 13.4. The lowest BCUT2D eigenvalue weighted by molar-refractivity contribution is 0.0608. The Labute approximate surface area is 179 Å². The number of hydrogen-bond acceptors (Lipinski definition) is 6. The molecule has 0 spiro atoms. The van der Waals surface area contributed by atoms with E-state index in [1.54, 1.807) is 0 Å². The molecule has 7 nitrogen and oxygen atoms in total. The van der Waals surface area contributed by atoms with Crippen LogP contribution in [0.5, 0.6) is 0 Å². The highest BCUT2D eigenvalue weighted by molar-refractivity contribution is 7.90. The van der Waals surface area contributed by atoms with E-state index in [1.165, 1.54) is 19.0 Å². The fourth-order valence-corrected chi connectivity index (χ4v) is 6.51. The Balaban J connectivity index is 1.61. The van der Waals surface area contributed by atoms with Gasteiger partial charge in [0.15, 0.2) is 0 Å². The summed E-state index contributed by atoms with van der Waals surface area (Å²) in [6.45, 7) is 0.135. The van der Waals surface area contributed by atoms with Crippen LogP contribution in [0.1, 0.15) is 86.2 Å². The molecule has 4 unspecified atom stereocenters. The zero-order valence-electron chi connectivity index (χ0n) is 17.7. The average Bonchev–Trinajstić information content (AvgIpc) is 3.25. The van der Waals surface area contributed by atoms with E-state index in [0.29, 0.717) is 29.5 Å². The van der Waals surface area contributed by atoms with Gasteiger partial charge in [-0.3, -0.25) is 4.79 Å². The van der Waals surface area contributed by atoms with Crippen molar-refractivity contribution in [2.24, 2.45) is 17.8 Å². The number of aliphatic hydroxyl groups is 1. The third-order valence-electron chi connectivity index (χ3n) is 7.39. The van der Waals surface area contributed by atoms with Crippen LogP contribution < -0.4 is 5.32 Å². The minimum atomic E-state index is -3.53. The van der Waals surface area contributed by atoms with Gasteiger partial charge < -0.3 is 10.4 Å². The van der Waals surface area contributed by atoms with Gasteiger partial charge in [-0.1, -0.05) is 25.7 Å². The second kappa shape index (κ2) is 8.91. The number of carbonyl (C=O) groups is 1. The molecule has 1 heterocycles. The summed E-state index contributed by atoms with van der Waals surface area (Å²) in [6.07, 6.45) is 12.9. The SMILES string of the molecule is CS(=O)(=O)c1ncc(C(=O)NC2C(CCO)CC3CCCC2C3)c(C2CCCC2)n1. The molecule has 0 radical (unpaired) electrons. The molecule has 2 bridgehead atoms. The van der Waals surface area contributed by atoms with Gasteiger partial charge in [0.05, 0.1) is 11.3 Å². The fourth-order valence-electron chi connectivity index (χ4n) is 6.00. The van der Waals surface area contributed by atoms with E-state index in [0.717, 1.165) is 51.2 Å². The van der Waals surface area contributed by atoms with Crippen LogP contribution >= 0.6 is 0 Å². The monoisotopic (exact) mass is 435 g/mol. The van der Waals surface area contributed by atoms with E-state index in [4.69, 9.17) is 0 Å². The zero-order valence-corrected chi connectivity index (χ0v) is 18.5. The number of nitrogens with zero attached hydrogens (tertiary/aromatic N) is 2. The summed E-state index contributed by atoms with van der Waals surface area (Å²) < 4.78 is 24.0. The van der Waals surface area contributed by atoms with Gasteiger partial charge in [0.25, 0.3) is 5.91 Å². The molecular formula is C22H33N3O4S. The number of aromatic nitrogens is 2. The second-order valence-electron chi connectivity index (χ2n) is 9.51. The van der Waals surface area contributed by atoms with Crippen molar-refractivity contribution in [1.82, 2.24) is 15.3 Å². The van der Waals surface area contributed by atoms with Gasteiger partial charge >= 0.3 is 0 Å². The third-order valence-corrected chi connectivity index (χ3v) is 8.25. The first-order valence-electron chi connectivity index (χ1n) is 11.4. The Hall–Kier alpha value is -1.54. The van der Waals surface area contributed by atoms with Crippen LogP contribution in [0.4, 0.5) is 0 Å². The summed E-state index contributed by atoms with van der Waals surface area (Å²) in [5, 5.41) is 12.6. The van der Waals surface area contributed by atoms with Gasteiger partial charge in [-0.15, -0.1) is 0 Å². The molecule has 30 heavy (non-hydrogen) atoms.